The van der Waals surface area contributed by atoms with Gasteiger partial charge in [-0.15, -0.1) is 0 Å². The summed E-state index contributed by atoms with van der Waals surface area (Å²) in [5.41, 5.74) is 6.40. The molecule has 0 unspecified atom stereocenters. The number of piperazine rings is 1. The number of carbonyl (C=O) groups is 1. The van der Waals surface area contributed by atoms with E-state index in [9.17, 15) is 4.79 Å². The molecule has 2 aliphatic rings. The summed E-state index contributed by atoms with van der Waals surface area (Å²) in [7, 11) is 0. The van der Waals surface area contributed by atoms with Crippen LogP contribution in [0, 0.1) is 17.9 Å². The zero-order valence-corrected chi connectivity index (χ0v) is 18.4. The van der Waals surface area contributed by atoms with Crippen LogP contribution in [-0.4, -0.2) is 60.0 Å². The topological polar surface area (TPSA) is 108 Å². The lowest BCUT2D eigenvalue weighted by molar-refractivity contribution is -0.122. The molecule has 0 atom stereocenters. The van der Waals surface area contributed by atoms with Crippen LogP contribution >= 0.6 is 0 Å². The molecule has 1 aromatic carbocycles. The highest BCUT2D eigenvalue weighted by atomic mass is 16.1. The fourth-order valence-corrected chi connectivity index (χ4v) is 4.62. The Bertz CT molecular complexity index is 875. The van der Waals surface area contributed by atoms with E-state index >= 15 is 0 Å². The molecule has 8 heteroatoms. The second-order valence-electron chi connectivity index (χ2n) is 8.69. The largest absolute Gasteiger partial charge is 0.369 e. The van der Waals surface area contributed by atoms with E-state index in [0.29, 0.717) is 11.9 Å². The molecular formula is C23H34N7O. The van der Waals surface area contributed by atoms with Crippen molar-refractivity contribution in [3.63, 3.8) is 0 Å². The number of benzene rings is 1. The van der Waals surface area contributed by atoms with Crippen LogP contribution in [0.2, 0.25) is 0 Å². The minimum atomic E-state index is -0.168. The Morgan fingerprint density at radius 1 is 1.13 bits per heavy atom. The van der Waals surface area contributed by atoms with Crippen LogP contribution in [0.1, 0.15) is 32.6 Å². The van der Waals surface area contributed by atoms with Crippen molar-refractivity contribution >= 4 is 28.6 Å². The van der Waals surface area contributed by atoms with Gasteiger partial charge in [-0.25, -0.2) is 4.98 Å². The average Bonchev–Trinajstić information content (AvgIpc) is 2.80. The highest BCUT2D eigenvalue weighted by Gasteiger charge is 2.28. The first-order valence-electron chi connectivity index (χ1n) is 11.4. The summed E-state index contributed by atoms with van der Waals surface area (Å²) >= 11 is 0. The number of primary amides is 1. The van der Waals surface area contributed by atoms with E-state index in [-0.39, 0.29) is 11.8 Å². The summed E-state index contributed by atoms with van der Waals surface area (Å²) in [6.07, 6.45) is 3.65. The minimum absolute atomic E-state index is 0.0208. The maximum atomic E-state index is 11.4. The second kappa shape index (κ2) is 10.2. The third kappa shape index (κ3) is 5.62. The molecule has 0 spiro atoms. The highest BCUT2D eigenvalue weighted by molar-refractivity contribution is 5.90. The van der Waals surface area contributed by atoms with Gasteiger partial charge in [-0.2, -0.15) is 4.98 Å². The Hall–Kier alpha value is -2.45. The summed E-state index contributed by atoms with van der Waals surface area (Å²) < 4.78 is 0. The van der Waals surface area contributed by atoms with E-state index in [2.05, 4.69) is 33.8 Å². The summed E-state index contributed by atoms with van der Waals surface area (Å²) in [4.78, 5) is 23.4. The van der Waals surface area contributed by atoms with Crippen LogP contribution in [-0.2, 0) is 4.79 Å². The van der Waals surface area contributed by atoms with Gasteiger partial charge in [0, 0.05) is 50.6 Å². The minimum Gasteiger partial charge on any atom is -0.369 e. The second-order valence-corrected chi connectivity index (χ2v) is 8.69. The zero-order valence-electron chi connectivity index (χ0n) is 18.4. The monoisotopic (exact) mass is 424 g/mol. The van der Waals surface area contributed by atoms with Gasteiger partial charge >= 0.3 is 0 Å². The SMILES string of the molecule is C[C](Nc1nc(NCCN2CCNCC2)c2ccccc2n1)C1CCC(C(N)=O)CC1. The third-order valence-electron chi connectivity index (χ3n) is 6.58. The predicted molar refractivity (Wildman–Crippen MR) is 125 cm³/mol. The molecule has 167 valence electrons. The summed E-state index contributed by atoms with van der Waals surface area (Å²) in [5, 5.41) is 11.4. The van der Waals surface area contributed by atoms with E-state index in [0.717, 1.165) is 87.7 Å². The van der Waals surface area contributed by atoms with Crippen molar-refractivity contribution in [2.45, 2.75) is 32.6 Å². The molecule has 5 N–H and O–H groups in total. The van der Waals surface area contributed by atoms with Gasteiger partial charge in [-0.3, -0.25) is 9.69 Å². The highest BCUT2D eigenvalue weighted by Crippen LogP contribution is 2.34. The molecule has 2 aromatic rings. The van der Waals surface area contributed by atoms with Crippen molar-refractivity contribution in [3.8, 4) is 0 Å². The number of rotatable bonds is 8. The van der Waals surface area contributed by atoms with E-state index in [1.54, 1.807) is 0 Å². The maximum Gasteiger partial charge on any atom is 0.225 e. The number of anilines is 2. The molecule has 1 saturated carbocycles. The summed E-state index contributed by atoms with van der Waals surface area (Å²) in [5.74, 6) is 1.76. The molecular weight excluding hydrogens is 390 g/mol. The van der Waals surface area contributed by atoms with Crippen LogP contribution in [0.4, 0.5) is 11.8 Å². The molecule has 4 rings (SSSR count). The fourth-order valence-electron chi connectivity index (χ4n) is 4.62. The molecule has 1 saturated heterocycles. The number of aromatic nitrogens is 2. The van der Waals surface area contributed by atoms with Gasteiger partial charge < -0.3 is 21.7 Å². The van der Waals surface area contributed by atoms with E-state index in [4.69, 9.17) is 15.7 Å². The van der Waals surface area contributed by atoms with Gasteiger partial charge in [0.15, 0.2) is 0 Å². The first-order chi connectivity index (χ1) is 15.1. The smallest absolute Gasteiger partial charge is 0.225 e. The number of nitrogens with zero attached hydrogens (tertiary/aromatic N) is 3. The molecule has 1 aliphatic carbocycles. The Kier molecular flexibility index (Phi) is 7.19. The normalized spacial score (nSPS) is 22.5. The lowest BCUT2D eigenvalue weighted by atomic mass is 9.78. The van der Waals surface area contributed by atoms with Gasteiger partial charge in [-0.05, 0) is 50.7 Å². The lowest BCUT2D eigenvalue weighted by Gasteiger charge is -2.30. The predicted octanol–water partition coefficient (Wildman–Crippen LogP) is 2.20. The number of amides is 1. The maximum absolute atomic E-state index is 11.4. The molecule has 8 nitrogen and oxygen atoms in total. The summed E-state index contributed by atoms with van der Waals surface area (Å²) in [6.45, 7) is 8.24. The molecule has 1 radical (unpaired) electrons. The van der Waals surface area contributed by atoms with Crippen LogP contribution in [0.25, 0.3) is 10.9 Å². The quantitative estimate of drug-likeness (QED) is 0.514. The van der Waals surface area contributed by atoms with Crippen molar-refractivity contribution < 1.29 is 4.79 Å². The van der Waals surface area contributed by atoms with Crippen molar-refractivity contribution in [2.75, 3.05) is 49.9 Å². The first-order valence-corrected chi connectivity index (χ1v) is 11.4. The van der Waals surface area contributed by atoms with Crippen LogP contribution < -0.4 is 21.7 Å². The standard InChI is InChI=1S/C23H34N7O/c1-16(17-6-8-18(9-7-17)21(24)31)27-23-28-20-5-3-2-4-19(20)22(29-23)26-12-15-30-13-10-25-11-14-30/h2-5,17-18,25H,6-15H2,1H3,(H2,24,31)(H2,26,27,28,29). The van der Waals surface area contributed by atoms with Crippen molar-refractivity contribution in [1.82, 2.24) is 20.2 Å². The fraction of sp³-hybridized carbons (Fsp3) is 0.565. The van der Waals surface area contributed by atoms with Gasteiger partial charge in [0.05, 0.1) is 11.6 Å². The Morgan fingerprint density at radius 2 is 1.84 bits per heavy atom. The number of fused-ring (bicyclic) bond motifs is 1. The Labute approximate surface area is 184 Å². The molecule has 2 fully saturated rings. The average molecular weight is 425 g/mol. The number of nitrogens with one attached hydrogen (secondary N) is 3. The number of hydrogen-bond donors (Lipinski definition) is 4. The number of carbonyl (C=O) groups excluding carboxylic acids is 1. The van der Waals surface area contributed by atoms with Crippen LogP contribution in [0.5, 0.6) is 0 Å². The molecule has 1 aromatic heterocycles. The van der Waals surface area contributed by atoms with Crippen molar-refractivity contribution in [1.29, 1.82) is 0 Å². The van der Waals surface area contributed by atoms with Gasteiger partial charge in [0.25, 0.3) is 0 Å². The van der Waals surface area contributed by atoms with E-state index < -0.39 is 0 Å². The van der Waals surface area contributed by atoms with E-state index in [1.165, 1.54) is 0 Å². The number of hydrogen-bond acceptors (Lipinski definition) is 7. The first kappa shape index (κ1) is 21.8. The molecule has 1 amide bonds. The Balaban J connectivity index is 1.41. The molecule has 31 heavy (non-hydrogen) atoms. The van der Waals surface area contributed by atoms with Crippen LogP contribution in [0.3, 0.4) is 0 Å². The number of nitrogens with two attached hydrogens (primary N) is 1. The van der Waals surface area contributed by atoms with Crippen LogP contribution in [0.15, 0.2) is 24.3 Å². The molecule has 2 heterocycles. The lowest BCUT2D eigenvalue weighted by Crippen LogP contribution is -2.45. The molecule has 1 aliphatic heterocycles. The van der Waals surface area contributed by atoms with Crippen molar-refractivity contribution in [2.24, 2.45) is 17.6 Å². The van der Waals surface area contributed by atoms with Crippen molar-refractivity contribution in [3.05, 3.63) is 30.3 Å². The van der Waals surface area contributed by atoms with E-state index in [1.807, 2.05) is 18.2 Å². The van der Waals surface area contributed by atoms with Gasteiger partial charge in [0.2, 0.25) is 11.9 Å². The Morgan fingerprint density at radius 3 is 2.58 bits per heavy atom. The third-order valence-corrected chi connectivity index (χ3v) is 6.58. The number of para-hydroxylation sites is 1. The summed E-state index contributed by atoms with van der Waals surface area (Å²) in [6, 6.07) is 9.27. The van der Waals surface area contributed by atoms with Gasteiger partial charge in [0.1, 0.15) is 5.82 Å². The molecule has 0 bridgehead atoms. The van der Waals surface area contributed by atoms with Gasteiger partial charge in [-0.1, -0.05) is 12.1 Å². The zero-order chi connectivity index (χ0) is 21.6.